The van der Waals surface area contributed by atoms with Crippen molar-refractivity contribution in [3.8, 4) is 5.75 Å². The predicted molar refractivity (Wildman–Crippen MR) is 95.4 cm³/mol. The number of hydrogen-bond donors (Lipinski definition) is 1. The zero-order valence-corrected chi connectivity index (χ0v) is 13.9. The smallest absolute Gasteiger partial charge is 0.260 e. The van der Waals surface area contributed by atoms with Crippen LogP contribution in [-0.2, 0) is 11.3 Å². The fourth-order valence-electron chi connectivity index (χ4n) is 2.52. The van der Waals surface area contributed by atoms with Gasteiger partial charge < -0.3 is 14.6 Å². The number of fused-ring (bicyclic) bond motifs is 1. The molecule has 2 aromatic carbocycles. The predicted octanol–water partition coefficient (Wildman–Crippen LogP) is 2.35. The van der Waals surface area contributed by atoms with Gasteiger partial charge in [-0.2, -0.15) is 0 Å². The summed E-state index contributed by atoms with van der Waals surface area (Å²) >= 11 is 0. The Morgan fingerprint density at radius 2 is 1.84 bits per heavy atom. The lowest BCUT2D eigenvalue weighted by atomic mass is 10.2. The summed E-state index contributed by atoms with van der Waals surface area (Å²) in [5.74, 6) is 0.935. The molecule has 0 radical (unpaired) electrons. The summed E-state index contributed by atoms with van der Waals surface area (Å²) < 4.78 is 5.50. The number of carbonyl (C=O) groups is 1. The average Bonchev–Trinajstić information content (AvgIpc) is 2.65. The molecule has 6 nitrogen and oxygen atoms in total. The van der Waals surface area contributed by atoms with Crippen molar-refractivity contribution < 1.29 is 9.53 Å². The largest absolute Gasteiger partial charge is 0.484 e. The Hall–Kier alpha value is -3.15. The first-order valence-electron chi connectivity index (χ1n) is 8.11. The highest BCUT2D eigenvalue weighted by atomic mass is 16.5. The number of benzene rings is 2. The van der Waals surface area contributed by atoms with Crippen LogP contribution in [0.3, 0.4) is 0 Å². The summed E-state index contributed by atoms with van der Waals surface area (Å²) in [7, 11) is 0. The van der Waals surface area contributed by atoms with Gasteiger partial charge in [0.15, 0.2) is 6.61 Å². The van der Waals surface area contributed by atoms with Crippen molar-refractivity contribution in [1.82, 2.24) is 14.9 Å². The average molecular weight is 337 g/mol. The van der Waals surface area contributed by atoms with E-state index in [1.54, 1.807) is 35.2 Å². The molecule has 0 aliphatic heterocycles. The molecule has 1 aromatic heterocycles. The molecule has 1 N–H and O–H groups in total. The van der Waals surface area contributed by atoms with E-state index in [0.717, 1.165) is 0 Å². The molecule has 3 rings (SSSR count). The van der Waals surface area contributed by atoms with E-state index in [0.29, 0.717) is 29.0 Å². The normalized spacial score (nSPS) is 10.6. The molecule has 0 atom stereocenters. The van der Waals surface area contributed by atoms with Crippen LogP contribution in [-0.4, -0.2) is 33.9 Å². The van der Waals surface area contributed by atoms with Gasteiger partial charge in [0, 0.05) is 6.54 Å². The molecule has 0 aliphatic carbocycles. The molecule has 1 heterocycles. The SMILES string of the molecule is CCN(Cc1nc2ccccc2c(=O)[nH]1)C(=O)COc1ccccc1. The highest BCUT2D eigenvalue weighted by Gasteiger charge is 2.15. The molecule has 0 spiro atoms. The summed E-state index contributed by atoms with van der Waals surface area (Å²) in [6.07, 6.45) is 0. The maximum Gasteiger partial charge on any atom is 0.260 e. The second kappa shape index (κ2) is 7.61. The maximum atomic E-state index is 12.4. The first-order chi connectivity index (χ1) is 12.2. The number of rotatable bonds is 6. The first kappa shape index (κ1) is 16.7. The van der Waals surface area contributed by atoms with E-state index in [1.807, 2.05) is 31.2 Å². The highest BCUT2D eigenvalue weighted by Crippen LogP contribution is 2.10. The van der Waals surface area contributed by atoms with Crippen molar-refractivity contribution in [2.24, 2.45) is 0 Å². The first-order valence-corrected chi connectivity index (χ1v) is 8.11. The second-order valence-electron chi connectivity index (χ2n) is 5.54. The molecule has 0 saturated heterocycles. The van der Waals surface area contributed by atoms with Gasteiger partial charge in [-0.1, -0.05) is 30.3 Å². The number of likely N-dealkylation sites (N-methyl/N-ethyl adjacent to an activating group) is 1. The van der Waals surface area contributed by atoms with E-state index in [9.17, 15) is 9.59 Å². The summed E-state index contributed by atoms with van der Waals surface area (Å²) in [4.78, 5) is 33.3. The lowest BCUT2D eigenvalue weighted by Gasteiger charge is -2.20. The van der Waals surface area contributed by atoms with Gasteiger partial charge in [0.1, 0.15) is 11.6 Å². The van der Waals surface area contributed by atoms with Crippen LogP contribution >= 0.6 is 0 Å². The number of hydrogen-bond acceptors (Lipinski definition) is 4. The molecule has 0 bridgehead atoms. The van der Waals surface area contributed by atoms with Crippen molar-refractivity contribution in [3.05, 3.63) is 70.8 Å². The van der Waals surface area contributed by atoms with E-state index >= 15 is 0 Å². The number of nitrogens with zero attached hydrogens (tertiary/aromatic N) is 2. The molecule has 3 aromatic rings. The van der Waals surface area contributed by atoms with Gasteiger partial charge >= 0.3 is 0 Å². The second-order valence-corrected chi connectivity index (χ2v) is 5.54. The number of ether oxygens (including phenoxy) is 1. The third-order valence-corrected chi connectivity index (χ3v) is 3.84. The van der Waals surface area contributed by atoms with Gasteiger partial charge in [0.2, 0.25) is 0 Å². The van der Waals surface area contributed by atoms with Gasteiger partial charge in [-0.25, -0.2) is 4.98 Å². The molecule has 0 aliphatic rings. The van der Waals surface area contributed by atoms with Gasteiger partial charge in [-0.15, -0.1) is 0 Å². The quantitative estimate of drug-likeness (QED) is 0.749. The van der Waals surface area contributed by atoms with Crippen molar-refractivity contribution in [3.63, 3.8) is 0 Å². The van der Waals surface area contributed by atoms with Crippen molar-refractivity contribution in [1.29, 1.82) is 0 Å². The zero-order valence-electron chi connectivity index (χ0n) is 13.9. The molecule has 1 amide bonds. The van der Waals surface area contributed by atoms with Crippen molar-refractivity contribution in [2.75, 3.05) is 13.2 Å². The summed E-state index contributed by atoms with van der Waals surface area (Å²) in [6, 6.07) is 16.3. The minimum atomic E-state index is -0.204. The van der Waals surface area contributed by atoms with Crippen LogP contribution in [0.5, 0.6) is 5.75 Å². The fourth-order valence-corrected chi connectivity index (χ4v) is 2.52. The Kier molecular flexibility index (Phi) is 5.09. The number of aromatic nitrogens is 2. The number of nitrogens with one attached hydrogen (secondary N) is 1. The molecule has 0 fully saturated rings. The molecule has 128 valence electrons. The van der Waals surface area contributed by atoms with Crippen LogP contribution in [0.15, 0.2) is 59.4 Å². The summed E-state index contributed by atoms with van der Waals surface area (Å²) in [5, 5.41) is 0.535. The molecule has 6 heteroatoms. The van der Waals surface area contributed by atoms with Crippen LogP contribution in [0, 0.1) is 0 Å². The van der Waals surface area contributed by atoms with Crippen LogP contribution in [0.1, 0.15) is 12.7 Å². The van der Waals surface area contributed by atoms with Crippen molar-refractivity contribution in [2.45, 2.75) is 13.5 Å². The zero-order chi connectivity index (χ0) is 17.6. The number of H-pyrrole nitrogens is 1. The van der Waals surface area contributed by atoms with Crippen molar-refractivity contribution >= 4 is 16.8 Å². The Morgan fingerprint density at radius 3 is 2.60 bits per heavy atom. The number of aromatic amines is 1. The molecule has 0 saturated carbocycles. The minimum absolute atomic E-state index is 0.0599. The van der Waals surface area contributed by atoms with Gasteiger partial charge in [-0.05, 0) is 31.2 Å². The van der Waals surface area contributed by atoms with Gasteiger partial charge in [-0.3, -0.25) is 9.59 Å². The van der Waals surface area contributed by atoms with Gasteiger partial charge in [0.05, 0.1) is 17.4 Å². The van der Waals surface area contributed by atoms with E-state index in [1.165, 1.54) is 0 Å². The molecule has 25 heavy (non-hydrogen) atoms. The Balaban J connectivity index is 1.71. The topological polar surface area (TPSA) is 75.3 Å². The van der Waals surface area contributed by atoms with E-state index in [4.69, 9.17) is 4.74 Å². The van der Waals surface area contributed by atoms with E-state index < -0.39 is 0 Å². The van der Waals surface area contributed by atoms with E-state index in [-0.39, 0.29) is 24.6 Å². The fraction of sp³-hybridized carbons (Fsp3) is 0.211. The lowest BCUT2D eigenvalue weighted by molar-refractivity contribution is -0.133. The van der Waals surface area contributed by atoms with Crippen LogP contribution < -0.4 is 10.3 Å². The lowest BCUT2D eigenvalue weighted by Crippen LogP contribution is -2.35. The number of amides is 1. The van der Waals surface area contributed by atoms with Crippen LogP contribution in [0.2, 0.25) is 0 Å². The Morgan fingerprint density at radius 1 is 1.12 bits per heavy atom. The number of carbonyl (C=O) groups excluding carboxylic acids is 1. The number of para-hydroxylation sites is 2. The summed E-state index contributed by atoms with van der Waals surface area (Å²) in [6.45, 7) is 2.54. The summed E-state index contributed by atoms with van der Waals surface area (Å²) in [5.41, 5.74) is 0.412. The van der Waals surface area contributed by atoms with E-state index in [2.05, 4.69) is 9.97 Å². The minimum Gasteiger partial charge on any atom is -0.484 e. The Labute approximate surface area is 145 Å². The highest BCUT2D eigenvalue weighted by molar-refractivity contribution is 5.78. The molecular weight excluding hydrogens is 318 g/mol. The van der Waals surface area contributed by atoms with Gasteiger partial charge in [0.25, 0.3) is 11.5 Å². The third-order valence-electron chi connectivity index (χ3n) is 3.84. The Bertz CT molecular complexity index is 922. The third kappa shape index (κ3) is 4.03. The molecule has 0 unspecified atom stereocenters. The standard InChI is InChI=1S/C19H19N3O3/c1-2-22(18(23)13-25-14-8-4-3-5-9-14)12-17-20-16-11-7-6-10-15(16)19(24)21-17/h3-11H,2,12-13H2,1H3,(H,20,21,24). The monoisotopic (exact) mass is 337 g/mol. The van der Waals surface area contributed by atoms with Crippen LogP contribution in [0.25, 0.3) is 10.9 Å². The maximum absolute atomic E-state index is 12.4. The van der Waals surface area contributed by atoms with Crippen LogP contribution in [0.4, 0.5) is 0 Å². The molecular formula is C19H19N3O3.